The summed E-state index contributed by atoms with van der Waals surface area (Å²) in [5.41, 5.74) is 2.93. The smallest absolute Gasteiger partial charge is 0.133 e. The number of hydrogen-bond donors (Lipinski definition) is 0. The lowest BCUT2D eigenvalue weighted by Gasteiger charge is -2.04. The zero-order valence-corrected chi connectivity index (χ0v) is 9.28. The average molecular weight is 220 g/mol. The first-order valence-corrected chi connectivity index (χ1v) is 4.97. The van der Waals surface area contributed by atoms with Gasteiger partial charge in [-0.25, -0.2) is 9.97 Å². The predicted octanol–water partition coefficient (Wildman–Crippen LogP) is 2.81. The normalized spacial score (nSPS) is 10.3. The fourth-order valence-corrected chi connectivity index (χ4v) is 1.63. The molecule has 3 nitrogen and oxygen atoms in total. The second-order valence-corrected chi connectivity index (χ2v) is 3.70. The van der Waals surface area contributed by atoms with E-state index in [4.69, 9.17) is 11.6 Å². The molecule has 0 aromatic carbocycles. The topological polar surface area (TPSA) is 38.7 Å². The van der Waals surface area contributed by atoms with Gasteiger partial charge in [-0.05, 0) is 25.5 Å². The molecule has 0 N–H and O–H groups in total. The zero-order valence-electron chi connectivity index (χ0n) is 8.53. The summed E-state index contributed by atoms with van der Waals surface area (Å²) in [4.78, 5) is 12.4. The average Bonchev–Trinajstić information content (AvgIpc) is 2.16. The maximum atomic E-state index is 5.88. The van der Waals surface area contributed by atoms with Crippen LogP contribution in [-0.4, -0.2) is 15.0 Å². The molecule has 0 saturated heterocycles. The number of aromatic nitrogens is 3. The molecular formula is C11H10ClN3. The van der Waals surface area contributed by atoms with Crippen LogP contribution in [0.3, 0.4) is 0 Å². The third-order valence-corrected chi connectivity index (χ3v) is 2.32. The number of aryl methyl sites for hydroxylation is 2. The first kappa shape index (κ1) is 10.1. The van der Waals surface area contributed by atoms with Crippen molar-refractivity contribution < 1.29 is 0 Å². The van der Waals surface area contributed by atoms with Gasteiger partial charge >= 0.3 is 0 Å². The van der Waals surface area contributed by atoms with Crippen LogP contribution in [0.15, 0.2) is 24.5 Å². The molecule has 2 heterocycles. The Hall–Kier alpha value is -1.48. The highest BCUT2D eigenvalue weighted by Crippen LogP contribution is 2.21. The number of halogens is 1. The lowest BCUT2D eigenvalue weighted by molar-refractivity contribution is 1.05. The SMILES string of the molecule is Cc1nc(Cl)cc(-c2cnccc2C)n1. The molecular weight excluding hydrogens is 210 g/mol. The number of pyridine rings is 1. The van der Waals surface area contributed by atoms with Crippen molar-refractivity contribution in [3.05, 3.63) is 41.1 Å². The molecule has 15 heavy (non-hydrogen) atoms. The largest absolute Gasteiger partial charge is 0.264 e. The van der Waals surface area contributed by atoms with Crippen molar-refractivity contribution in [2.75, 3.05) is 0 Å². The Labute approximate surface area is 93.2 Å². The molecule has 2 aromatic heterocycles. The van der Waals surface area contributed by atoms with E-state index in [1.54, 1.807) is 18.5 Å². The molecule has 0 aliphatic carbocycles. The molecule has 76 valence electrons. The minimum Gasteiger partial charge on any atom is -0.264 e. The zero-order chi connectivity index (χ0) is 10.8. The highest BCUT2D eigenvalue weighted by molar-refractivity contribution is 6.29. The van der Waals surface area contributed by atoms with Crippen LogP contribution in [0, 0.1) is 13.8 Å². The summed E-state index contributed by atoms with van der Waals surface area (Å²) in [6.07, 6.45) is 3.54. The van der Waals surface area contributed by atoms with Gasteiger partial charge in [-0.15, -0.1) is 0 Å². The quantitative estimate of drug-likeness (QED) is 0.693. The Morgan fingerprint density at radius 2 is 2.00 bits per heavy atom. The van der Waals surface area contributed by atoms with Crippen molar-refractivity contribution in [3.8, 4) is 11.3 Å². The minimum atomic E-state index is 0.459. The molecule has 2 aromatic rings. The van der Waals surface area contributed by atoms with Crippen LogP contribution in [0.2, 0.25) is 5.15 Å². The van der Waals surface area contributed by atoms with Crippen molar-refractivity contribution in [1.82, 2.24) is 15.0 Å². The molecule has 2 rings (SSSR count). The third kappa shape index (κ3) is 2.13. The fourth-order valence-electron chi connectivity index (χ4n) is 1.40. The lowest BCUT2D eigenvalue weighted by atomic mass is 10.1. The Kier molecular flexibility index (Phi) is 2.64. The predicted molar refractivity (Wildman–Crippen MR) is 59.7 cm³/mol. The van der Waals surface area contributed by atoms with E-state index in [-0.39, 0.29) is 0 Å². The van der Waals surface area contributed by atoms with Crippen LogP contribution >= 0.6 is 11.6 Å². The summed E-state index contributed by atoms with van der Waals surface area (Å²) in [7, 11) is 0. The Balaban J connectivity index is 2.59. The molecule has 0 saturated carbocycles. The van der Waals surface area contributed by atoms with E-state index in [1.165, 1.54) is 0 Å². The highest BCUT2D eigenvalue weighted by atomic mass is 35.5. The molecule has 0 aliphatic rings. The van der Waals surface area contributed by atoms with Crippen LogP contribution in [-0.2, 0) is 0 Å². The summed E-state index contributed by atoms with van der Waals surface area (Å²) in [6, 6.07) is 3.69. The van der Waals surface area contributed by atoms with Crippen LogP contribution in [0.5, 0.6) is 0 Å². The molecule has 0 aliphatic heterocycles. The van der Waals surface area contributed by atoms with E-state index in [2.05, 4.69) is 15.0 Å². The van der Waals surface area contributed by atoms with Gasteiger partial charge in [0.05, 0.1) is 5.69 Å². The Bertz CT molecular complexity index is 477. The molecule has 0 radical (unpaired) electrons. The first-order valence-electron chi connectivity index (χ1n) is 4.59. The van der Waals surface area contributed by atoms with Crippen LogP contribution < -0.4 is 0 Å². The van der Waals surface area contributed by atoms with E-state index >= 15 is 0 Å². The first-order chi connectivity index (χ1) is 7.16. The van der Waals surface area contributed by atoms with Crippen molar-refractivity contribution in [2.45, 2.75) is 13.8 Å². The summed E-state index contributed by atoms with van der Waals surface area (Å²) in [5, 5.41) is 0.459. The van der Waals surface area contributed by atoms with Crippen molar-refractivity contribution in [1.29, 1.82) is 0 Å². The van der Waals surface area contributed by atoms with E-state index < -0.39 is 0 Å². The monoisotopic (exact) mass is 219 g/mol. The maximum absolute atomic E-state index is 5.88. The summed E-state index contributed by atoms with van der Waals surface area (Å²) in [6.45, 7) is 3.84. The van der Waals surface area contributed by atoms with Gasteiger partial charge in [0.25, 0.3) is 0 Å². The van der Waals surface area contributed by atoms with E-state index in [1.807, 2.05) is 19.9 Å². The second-order valence-electron chi connectivity index (χ2n) is 3.31. The third-order valence-electron chi connectivity index (χ3n) is 2.12. The van der Waals surface area contributed by atoms with E-state index in [0.29, 0.717) is 11.0 Å². The fraction of sp³-hybridized carbons (Fsp3) is 0.182. The van der Waals surface area contributed by atoms with Gasteiger partial charge in [0, 0.05) is 24.0 Å². The van der Waals surface area contributed by atoms with E-state index in [0.717, 1.165) is 16.8 Å². The summed E-state index contributed by atoms with van der Waals surface area (Å²) >= 11 is 5.88. The van der Waals surface area contributed by atoms with Gasteiger partial charge in [-0.2, -0.15) is 0 Å². The number of rotatable bonds is 1. The van der Waals surface area contributed by atoms with Crippen LogP contribution in [0.4, 0.5) is 0 Å². The van der Waals surface area contributed by atoms with Crippen LogP contribution in [0.1, 0.15) is 11.4 Å². The number of nitrogens with zero attached hydrogens (tertiary/aromatic N) is 3. The summed E-state index contributed by atoms with van der Waals surface area (Å²) < 4.78 is 0. The maximum Gasteiger partial charge on any atom is 0.133 e. The molecule has 0 atom stereocenters. The molecule has 0 spiro atoms. The highest BCUT2D eigenvalue weighted by Gasteiger charge is 2.05. The van der Waals surface area contributed by atoms with Gasteiger partial charge in [-0.1, -0.05) is 11.6 Å². The summed E-state index contributed by atoms with van der Waals surface area (Å²) in [5.74, 6) is 0.667. The number of hydrogen-bond acceptors (Lipinski definition) is 3. The van der Waals surface area contributed by atoms with Crippen LogP contribution in [0.25, 0.3) is 11.3 Å². The minimum absolute atomic E-state index is 0.459. The van der Waals surface area contributed by atoms with Gasteiger partial charge in [0.15, 0.2) is 0 Å². The molecule has 0 fully saturated rings. The molecule has 0 amide bonds. The van der Waals surface area contributed by atoms with Gasteiger partial charge in [-0.3, -0.25) is 4.98 Å². The van der Waals surface area contributed by atoms with Crippen molar-refractivity contribution in [2.24, 2.45) is 0 Å². The van der Waals surface area contributed by atoms with Crippen molar-refractivity contribution >= 4 is 11.6 Å². The Morgan fingerprint density at radius 3 is 2.67 bits per heavy atom. The second kappa shape index (κ2) is 3.95. The standard InChI is InChI=1S/C11H10ClN3/c1-7-3-4-13-6-9(7)10-5-11(12)15-8(2)14-10/h3-6H,1-2H3. The lowest BCUT2D eigenvalue weighted by Crippen LogP contribution is -1.93. The van der Waals surface area contributed by atoms with Gasteiger partial charge in [0.2, 0.25) is 0 Å². The van der Waals surface area contributed by atoms with Crippen molar-refractivity contribution in [3.63, 3.8) is 0 Å². The molecule has 0 bridgehead atoms. The molecule has 0 unspecified atom stereocenters. The molecule has 4 heteroatoms. The van der Waals surface area contributed by atoms with Gasteiger partial charge in [0.1, 0.15) is 11.0 Å². The Morgan fingerprint density at radius 1 is 1.20 bits per heavy atom. The van der Waals surface area contributed by atoms with Gasteiger partial charge < -0.3 is 0 Å². The van der Waals surface area contributed by atoms with E-state index in [9.17, 15) is 0 Å².